The molecular weight excluding hydrogens is 366 g/mol. The third-order valence-electron chi connectivity index (χ3n) is 5.85. The molecule has 0 spiro atoms. The maximum absolute atomic E-state index is 11.9. The molecule has 0 N–H and O–H groups in total. The molecule has 3 aromatic rings. The number of aromatic nitrogens is 5. The van der Waals surface area contributed by atoms with Gasteiger partial charge in [0.05, 0.1) is 17.9 Å². The van der Waals surface area contributed by atoms with Crippen molar-refractivity contribution < 1.29 is 4.79 Å². The van der Waals surface area contributed by atoms with E-state index in [0.29, 0.717) is 12.0 Å². The molecular formula is C21H23N7O. The first kappa shape index (κ1) is 17.8. The van der Waals surface area contributed by atoms with Crippen LogP contribution in [0.5, 0.6) is 0 Å². The largest absolute Gasteiger partial charge is 0.359 e. The molecule has 29 heavy (non-hydrogen) atoms. The Labute approximate surface area is 169 Å². The zero-order valence-corrected chi connectivity index (χ0v) is 16.5. The van der Waals surface area contributed by atoms with E-state index in [1.807, 2.05) is 41.0 Å². The number of imidazole rings is 1. The Morgan fingerprint density at radius 1 is 1.17 bits per heavy atom. The molecule has 4 heterocycles. The summed E-state index contributed by atoms with van der Waals surface area (Å²) in [4.78, 5) is 34.4. The van der Waals surface area contributed by atoms with E-state index in [9.17, 15) is 4.79 Å². The number of aldehydes is 1. The molecule has 0 aromatic carbocycles. The number of hydrogen-bond donors (Lipinski definition) is 0. The van der Waals surface area contributed by atoms with E-state index in [2.05, 4.69) is 26.8 Å². The Balaban J connectivity index is 1.63. The smallest absolute Gasteiger partial charge is 0.237 e. The number of nitrogens with zero attached hydrogens (tertiary/aromatic N) is 7. The van der Waals surface area contributed by atoms with Crippen molar-refractivity contribution in [2.75, 3.05) is 16.8 Å². The number of likely N-dealkylation sites (N-methyl/N-ethyl adjacent to an activating group) is 1. The van der Waals surface area contributed by atoms with Gasteiger partial charge in [-0.1, -0.05) is 6.92 Å². The minimum absolute atomic E-state index is 0.114. The van der Waals surface area contributed by atoms with Gasteiger partial charge in [-0.05, 0) is 31.4 Å². The van der Waals surface area contributed by atoms with Crippen LogP contribution in [0.2, 0.25) is 0 Å². The van der Waals surface area contributed by atoms with Gasteiger partial charge in [0.15, 0.2) is 5.82 Å². The Morgan fingerprint density at radius 2 is 1.97 bits per heavy atom. The summed E-state index contributed by atoms with van der Waals surface area (Å²) in [5.74, 6) is 2.25. The van der Waals surface area contributed by atoms with Gasteiger partial charge in [-0.2, -0.15) is 4.98 Å². The molecule has 0 saturated heterocycles. The SMILES string of the molecule is CCC1C(C=O)N(C)c2cnc(-n3ccnc3-c3ccncc3)nc2N1C1CC1. The molecule has 3 aromatic heterocycles. The highest BCUT2D eigenvalue weighted by Gasteiger charge is 2.44. The Hall–Kier alpha value is -3.29. The molecule has 1 aliphatic heterocycles. The lowest BCUT2D eigenvalue weighted by atomic mass is 9.99. The molecule has 1 fully saturated rings. The van der Waals surface area contributed by atoms with Crippen LogP contribution < -0.4 is 9.80 Å². The van der Waals surface area contributed by atoms with Crippen LogP contribution in [-0.2, 0) is 4.79 Å². The van der Waals surface area contributed by atoms with Crippen LogP contribution in [0.15, 0.2) is 43.1 Å². The Bertz CT molecular complexity index is 1030. The van der Waals surface area contributed by atoms with E-state index in [-0.39, 0.29) is 12.1 Å². The minimum atomic E-state index is -0.192. The van der Waals surface area contributed by atoms with Crippen LogP contribution >= 0.6 is 0 Å². The highest BCUT2D eigenvalue weighted by atomic mass is 16.1. The van der Waals surface area contributed by atoms with Gasteiger partial charge in [0.25, 0.3) is 0 Å². The zero-order chi connectivity index (χ0) is 20.0. The van der Waals surface area contributed by atoms with Crippen molar-refractivity contribution in [1.82, 2.24) is 24.5 Å². The van der Waals surface area contributed by atoms with Crippen molar-refractivity contribution in [2.45, 2.75) is 44.3 Å². The summed E-state index contributed by atoms with van der Waals surface area (Å²) in [5, 5.41) is 0. The third-order valence-corrected chi connectivity index (χ3v) is 5.85. The van der Waals surface area contributed by atoms with Crippen LogP contribution in [0.25, 0.3) is 17.3 Å². The minimum Gasteiger partial charge on any atom is -0.359 e. The normalized spacial score (nSPS) is 21.2. The van der Waals surface area contributed by atoms with Crippen molar-refractivity contribution in [2.24, 2.45) is 0 Å². The van der Waals surface area contributed by atoms with Gasteiger partial charge in [0.2, 0.25) is 5.95 Å². The van der Waals surface area contributed by atoms with Gasteiger partial charge in [-0.15, -0.1) is 0 Å². The molecule has 0 amide bonds. The Morgan fingerprint density at radius 3 is 2.66 bits per heavy atom. The van der Waals surface area contributed by atoms with E-state index in [0.717, 1.165) is 48.4 Å². The number of carbonyl (C=O) groups is 1. The van der Waals surface area contributed by atoms with Crippen molar-refractivity contribution in [3.63, 3.8) is 0 Å². The van der Waals surface area contributed by atoms with Crippen LogP contribution in [0, 0.1) is 0 Å². The second-order valence-electron chi connectivity index (χ2n) is 7.59. The molecule has 0 bridgehead atoms. The fourth-order valence-electron chi connectivity index (χ4n) is 4.25. The third kappa shape index (κ3) is 2.86. The van der Waals surface area contributed by atoms with Gasteiger partial charge in [0.1, 0.15) is 18.2 Å². The molecule has 8 nitrogen and oxygen atoms in total. The monoisotopic (exact) mass is 389 g/mol. The van der Waals surface area contributed by atoms with Gasteiger partial charge in [-0.3, -0.25) is 9.55 Å². The van der Waals surface area contributed by atoms with E-state index >= 15 is 0 Å². The lowest BCUT2D eigenvalue weighted by molar-refractivity contribution is -0.109. The van der Waals surface area contributed by atoms with Gasteiger partial charge in [-0.25, -0.2) is 9.97 Å². The first-order valence-electron chi connectivity index (χ1n) is 10.0. The number of fused-ring (bicyclic) bond motifs is 1. The summed E-state index contributed by atoms with van der Waals surface area (Å²) in [5.41, 5.74) is 1.85. The lowest BCUT2D eigenvalue weighted by Gasteiger charge is -2.46. The summed E-state index contributed by atoms with van der Waals surface area (Å²) >= 11 is 0. The number of anilines is 2. The first-order valence-corrected chi connectivity index (χ1v) is 10.0. The maximum atomic E-state index is 11.9. The number of hydrogen-bond acceptors (Lipinski definition) is 7. The average molecular weight is 389 g/mol. The standard InChI is InChI=1S/C21H23N7O/c1-3-16-18(13-29)26(2)17-12-24-21(25-20(17)28(16)15-4-5-15)27-11-10-23-19(27)14-6-8-22-9-7-14/h6-13,15-16,18H,3-5H2,1-2H3. The van der Waals surface area contributed by atoms with Gasteiger partial charge in [0, 0.05) is 43.4 Å². The maximum Gasteiger partial charge on any atom is 0.237 e. The van der Waals surface area contributed by atoms with Crippen LogP contribution in [0.3, 0.4) is 0 Å². The Kier molecular flexibility index (Phi) is 4.26. The predicted octanol–water partition coefficient (Wildman–Crippen LogP) is 2.49. The number of carbonyl (C=O) groups excluding carboxylic acids is 1. The summed E-state index contributed by atoms with van der Waals surface area (Å²) in [7, 11) is 1.95. The van der Waals surface area contributed by atoms with Crippen LogP contribution in [0.1, 0.15) is 26.2 Å². The molecule has 0 radical (unpaired) electrons. The van der Waals surface area contributed by atoms with Gasteiger partial charge >= 0.3 is 0 Å². The molecule has 148 valence electrons. The van der Waals surface area contributed by atoms with E-state index in [1.165, 1.54) is 0 Å². The predicted molar refractivity (Wildman–Crippen MR) is 110 cm³/mol. The van der Waals surface area contributed by atoms with Crippen molar-refractivity contribution >= 4 is 17.8 Å². The van der Waals surface area contributed by atoms with Crippen molar-refractivity contribution in [3.05, 3.63) is 43.1 Å². The zero-order valence-electron chi connectivity index (χ0n) is 16.5. The molecule has 5 rings (SSSR count). The second-order valence-corrected chi connectivity index (χ2v) is 7.59. The van der Waals surface area contributed by atoms with E-state index < -0.39 is 0 Å². The summed E-state index contributed by atoms with van der Waals surface area (Å²) in [6.45, 7) is 2.13. The van der Waals surface area contributed by atoms with Crippen molar-refractivity contribution in [1.29, 1.82) is 0 Å². The fraction of sp³-hybridized carbons (Fsp3) is 0.381. The lowest BCUT2D eigenvalue weighted by Crippen LogP contribution is -2.57. The molecule has 2 atom stereocenters. The van der Waals surface area contributed by atoms with Crippen LogP contribution in [-0.4, -0.2) is 56.0 Å². The quantitative estimate of drug-likeness (QED) is 0.620. The molecule has 2 unspecified atom stereocenters. The van der Waals surface area contributed by atoms with Gasteiger partial charge < -0.3 is 14.6 Å². The first-order chi connectivity index (χ1) is 14.2. The highest BCUT2D eigenvalue weighted by Crippen LogP contribution is 2.43. The molecule has 1 aliphatic carbocycles. The average Bonchev–Trinajstić information content (AvgIpc) is 3.48. The molecule has 2 aliphatic rings. The van der Waals surface area contributed by atoms with E-state index in [4.69, 9.17) is 4.98 Å². The molecule has 1 saturated carbocycles. The van der Waals surface area contributed by atoms with E-state index in [1.54, 1.807) is 18.6 Å². The topological polar surface area (TPSA) is 80.0 Å². The number of rotatable bonds is 5. The summed E-state index contributed by atoms with van der Waals surface area (Å²) in [6.07, 6.45) is 13.2. The molecule has 8 heteroatoms. The second kappa shape index (κ2) is 6.95. The summed E-state index contributed by atoms with van der Waals surface area (Å²) in [6, 6.07) is 4.21. The fourth-order valence-corrected chi connectivity index (χ4v) is 4.25. The van der Waals surface area contributed by atoms with Crippen molar-refractivity contribution in [3.8, 4) is 17.3 Å². The highest BCUT2D eigenvalue weighted by molar-refractivity contribution is 5.79. The summed E-state index contributed by atoms with van der Waals surface area (Å²) < 4.78 is 1.90. The van der Waals surface area contributed by atoms with Crippen LogP contribution in [0.4, 0.5) is 11.5 Å². The number of pyridine rings is 1.